The Morgan fingerprint density at radius 3 is 2.37 bits per heavy atom. The summed E-state index contributed by atoms with van der Waals surface area (Å²) < 4.78 is 14.5. The number of aryl methyl sites for hydroxylation is 2. The number of benzene rings is 1. The zero-order valence-electron chi connectivity index (χ0n) is 23.0. The third-order valence-corrected chi connectivity index (χ3v) is 6.80. The van der Waals surface area contributed by atoms with Crippen LogP contribution in [0.25, 0.3) is 5.65 Å². The van der Waals surface area contributed by atoms with E-state index in [1.165, 1.54) is 5.70 Å². The Morgan fingerprint density at radius 1 is 0.921 bits per heavy atom. The second-order valence-corrected chi connectivity index (χ2v) is 10.4. The number of allylic oxidation sites excluding steroid dienone is 2. The largest absolute Gasteiger partial charge is 0.521 e. The van der Waals surface area contributed by atoms with Crippen molar-refractivity contribution in [3.8, 4) is 23.3 Å². The topological polar surface area (TPSA) is 55.1 Å². The SMILES string of the molecule is CC1=C(C)N(c2[c-]c(Oc3[c-]c(Oc4cc(C(C)(C)C)ccn4)n4c(C)c(C)nc4c3)ccc2)[CH-]N1C.[Pt]. The molecule has 0 unspecified atom stereocenters. The van der Waals surface area contributed by atoms with Crippen LogP contribution in [-0.4, -0.2) is 26.3 Å². The van der Waals surface area contributed by atoms with Gasteiger partial charge in [0, 0.05) is 50.5 Å². The Morgan fingerprint density at radius 2 is 1.68 bits per heavy atom. The fourth-order valence-corrected chi connectivity index (χ4v) is 4.23. The molecule has 0 atom stereocenters. The third kappa shape index (κ3) is 5.30. The molecule has 4 heterocycles. The van der Waals surface area contributed by atoms with E-state index >= 15 is 0 Å². The minimum absolute atomic E-state index is 0. The van der Waals surface area contributed by atoms with E-state index in [9.17, 15) is 0 Å². The van der Waals surface area contributed by atoms with Gasteiger partial charge in [-0.1, -0.05) is 20.8 Å². The van der Waals surface area contributed by atoms with Gasteiger partial charge in [0.1, 0.15) is 5.88 Å². The Bertz CT molecular complexity index is 1520. The van der Waals surface area contributed by atoms with Crippen molar-refractivity contribution in [2.45, 2.75) is 53.9 Å². The van der Waals surface area contributed by atoms with Crippen molar-refractivity contribution in [1.82, 2.24) is 19.3 Å². The number of hydrogen-bond donors (Lipinski definition) is 0. The average Bonchev–Trinajstić information content (AvgIpc) is 3.28. The summed E-state index contributed by atoms with van der Waals surface area (Å²) in [6.07, 6.45) is 1.77. The predicted molar refractivity (Wildman–Crippen MR) is 145 cm³/mol. The Kier molecular flexibility index (Phi) is 7.62. The first kappa shape index (κ1) is 27.7. The molecule has 0 spiro atoms. The van der Waals surface area contributed by atoms with Crippen LogP contribution >= 0.6 is 0 Å². The maximum Gasteiger partial charge on any atom is 0.219 e. The van der Waals surface area contributed by atoms with E-state index in [0.29, 0.717) is 28.9 Å². The van der Waals surface area contributed by atoms with E-state index in [-0.39, 0.29) is 26.5 Å². The molecule has 0 N–H and O–H groups in total. The predicted octanol–water partition coefficient (Wildman–Crippen LogP) is 6.95. The summed E-state index contributed by atoms with van der Waals surface area (Å²) in [4.78, 5) is 13.3. The Hall–Kier alpha value is -3.31. The van der Waals surface area contributed by atoms with Crippen LogP contribution in [0.4, 0.5) is 5.69 Å². The molecule has 7 nitrogen and oxygen atoms in total. The van der Waals surface area contributed by atoms with Crippen molar-refractivity contribution in [3.63, 3.8) is 0 Å². The first-order valence-corrected chi connectivity index (χ1v) is 12.3. The fourth-order valence-electron chi connectivity index (χ4n) is 4.23. The summed E-state index contributed by atoms with van der Waals surface area (Å²) in [6, 6.07) is 18.3. The Balaban J connectivity index is 0.00000336. The van der Waals surface area contributed by atoms with Crippen LogP contribution in [-0.2, 0) is 26.5 Å². The van der Waals surface area contributed by atoms with Crippen LogP contribution in [0.15, 0.2) is 54.0 Å². The van der Waals surface area contributed by atoms with E-state index in [1.807, 2.05) is 68.4 Å². The quantitative estimate of drug-likeness (QED) is 0.212. The van der Waals surface area contributed by atoms with Crippen LogP contribution in [0.5, 0.6) is 23.3 Å². The Labute approximate surface area is 239 Å². The molecule has 8 heteroatoms. The fraction of sp³-hybridized carbons (Fsp3) is 0.300. The van der Waals surface area contributed by atoms with Crippen molar-refractivity contribution < 1.29 is 30.5 Å². The van der Waals surface area contributed by atoms with E-state index in [4.69, 9.17) is 14.5 Å². The van der Waals surface area contributed by atoms with Crippen LogP contribution in [0.1, 0.15) is 51.6 Å². The molecule has 1 aliphatic heterocycles. The molecular weight excluding hydrogens is 657 g/mol. The standard InChI is InChI=1S/C30H32N5O2.Pt/c1-19-20(2)35-27(32-19)16-26(17-29(35)37-28-14-23(12-13-31-28)30(5,6)7)36-25-11-9-10-24(15-25)34-18-33(8)21(3)22(34)4;/h9-14,16,18H,1-8H3;/q-3;. The molecule has 0 bridgehead atoms. The molecule has 1 aromatic carbocycles. The van der Waals surface area contributed by atoms with Gasteiger partial charge in [0.25, 0.3) is 0 Å². The number of aromatic nitrogens is 3. The van der Waals surface area contributed by atoms with Crippen LogP contribution in [0, 0.1) is 32.6 Å². The minimum Gasteiger partial charge on any atom is -0.521 e. The summed E-state index contributed by atoms with van der Waals surface area (Å²) in [5.41, 5.74) is 6.93. The maximum atomic E-state index is 6.28. The zero-order valence-corrected chi connectivity index (χ0v) is 25.3. The number of nitrogens with zero attached hydrogens (tertiary/aromatic N) is 5. The van der Waals surface area contributed by atoms with Crippen molar-refractivity contribution in [2.75, 3.05) is 11.9 Å². The molecule has 4 aromatic rings. The van der Waals surface area contributed by atoms with Crippen LogP contribution in [0.2, 0.25) is 0 Å². The number of pyridine rings is 2. The molecule has 0 saturated heterocycles. The van der Waals surface area contributed by atoms with E-state index in [1.54, 1.807) is 6.20 Å². The van der Waals surface area contributed by atoms with Crippen molar-refractivity contribution in [2.24, 2.45) is 0 Å². The van der Waals surface area contributed by atoms with E-state index in [0.717, 1.165) is 28.3 Å². The average molecular weight is 690 g/mol. The monoisotopic (exact) mass is 689 g/mol. The van der Waals surface area contributed by atoms with Gasteiger partial charge in [-0.05, 0) is 63.2 Å². The van der Waals surface area contributed by atoms with Crippen molar-refractivity contribution >= 4 is 11.3 Å². The second-order valence-electron chi connectivity index (χ2n) is 10.4. The molecule has 0 aliphatic carbocycles. The first-order chi connectivity index (χ1) is 17.5. The van der Waals surface area contributed by atoms with Gasteiger partial charge in [0.2, 0.25) is 5.88 Å². The molecule has 3 aromatic heterocycles. The van der Waals surface area contributed by atoms with Crippen molar-refractivity contribution in [3.05, 3.63) is 89.7 Å². The summed E-state index contributed by atoms with van der Waals surface area (Å²) >= 11 is 0. The molecule has 202 valence electrons. The van der Waals surface area contributed by atoms with Crippen LogP contribution < -0.4 is 14.4 Å². The summed E-state index contributed by atoms with van der Waals surface area (Å²) in [5, 5.41) is 0. The second kappa shape index (κ2) is 10.5. The third-order valence-electron chi connectivity index (χ3n) is 6.80. The number of hydrogen-bond acceptors (Lipinski definition) is 6. The zero-order chi connectivity index (χ0) is 26.5. The van der Waals surface area contributed by atoms with Gasteiger partial charge < -0.3 is 19.3 Å². The van der Waals surface area contributed by atoms with Gasteiger partial charge >= 0.3 is 0 Å². The number of imidazole rings is 1. The molecule has 0 amide bonds. The normalized spacial score (nSPS) is 13.8. The van der Waals surface area contributed by atoms with Gasteiger partial charge in [-0.25, -0.2) is 4.98 Å². The maximum absolute atomic E-state index is 6.28. The summed E-state index contributed by atoms with van der Waals surface area (Å²) in [6.45, 7) is 16.7. The summed E-state index contributed by atoms with van der Waals surface area (Å²) in [7, 11) is 2.03. The number of rotatable bonds is 5. The number of anilines is 1. The molecule has 38 heavy (non-hydrogen) atoms. The van der Waals surface area contributed by atoms with E-state index in [2.05, 4.69) is 61.5 Å². The minimum atomic E-state index is -0.0267. The molecule has 1 aliphatic rings. The van der Waals surface area contributed by atoms with E-state index < -0.39 is 0 Å². The number of ether oxygens (including phenoxy) is 2. The van der Waals surface area contributed by atoms with Gasteiger partial charge in [0.05, 0.1) is 11.3 Å². The van der Waals surface area contributed by atoms with Gasteiger partial charge in [-0.15, -0.1) is 36.0 Å². The smallest absolute Gasteiger partial charge is 0.219 e. The van der Waals surface area contributed by atoms with Crippen molar-refractivity contribution in [1.29, 1.82) is 0 Å². The first-order valence-electron chi connectivity index (χ1n) is 12.3. The molecule has 0 fully saturated rings. The van der Waals surface area contributed by atoms with Gasteiger partial charge in [0.15, 0.2) is 0 Å². The summed E-state index contributed by atoms with van der Waals surface area (Å²) in [5.74, 6) is 2.01. The van der Waals surface area contributed by atoms with Gasteiger partial charge in [-0.2, -0.15) is 12.7 Å². The number of fused-ring (bicyclic) bond motifs is 1. The molecule has 0 saturated carbocycles. The van der Waals surface area contributed by atoms with Gasteiger partial charge in [-0.3, -0.25) is 9.38 Å². The molecule has 0 radical (unpaired) electrons. The molecular formula is C30H32N5O2Pt-3. The van der Waals surface area contributed by atoms with Crippen LogP contribution in [0.3, 0.4) is 0 Å². The molecule has 5 rings (SSSR count).